The van der Waals surface area contributed by atoms with Crippen LogP contribution in [0.25, 0.3) is 23.1 Å². The molecule has 0 saturated heterocycles. The minimum atomic E-state index is 0.0156. The molecule has 1 aliphatic carbocycles. The zero-order valence-electron chi connectivity index (χ0n) is 17.5. The lowest BCUT2D eigenvalue weighted by Gasteiger charge is -2.30. The summed E-state index contributed by atoms with van der Waals surface area (Å²) in [5, 5.41) is 4.49. The number of rotatable bonds is 6. The highest BCUT2D eigenvalue weighted by Crippen LogP contribution is 2.29. The number of nitrogens with two attached hydrogens (primary N) is 2. The number of methoxy groups -OCH3 is 1. The molecule has 1 fully saturated rings. The average Bonchev–Trinajstić information content (AvgIpc) is 2.79. The number of aromatic nitrogens is 3. The Bertz CT molecular complexity index is 1090. The minimum absolute atomic E-state index is 0.0156. The van der Waals surface area contributed by atoms with Crippen LogP contribution in [0.3, 0.4) is 0 Å². The molecule has 2 atom stereocenters. The summed E-state index contributed by atoms with van der Waals surface area (Å²) in [5.74, 6) is 2.21. The Morgan fingerprint density at radius 1 is 1.13 bits per heavy atom. The zero-order valence-corrected chi connectivity index (χ0v) is 17.5. The molecule has 2 heterocycles. The van der Waals surface area contributed by atoms with Gasteiger partial charge in [0.1, 0.15) is 11.6 Å². The molecule has 0 bridgehead atoms. The molecule has 0 radical (unpaired) electrons. The van der Waals surface area contributed by atoms with Crippen LogP contribution in [0.5, 0.6) is 5.75 Å². The van der Waals surface area contributed by atoms with Gasteiger partial charge in [-0.05, 0) is 55.3 Å². The Balaban J connectivity index is 1.72. The summed E-state index contributed by atoms with van der Waals surface area (Å²) in [4.78, 5) is 18.3. The molecule has 1 saturated carbocycles. The van der Waals surface area contributed by atoms with Crippen LogP contribution in [0.1, 0.15) is 37.2 Å². The van der Waals surface area contributed by atoms with Crippen molar-refractivity contribution in [1.29, 1.82) is 0 Å². The van der Waals surface area contributed by atoms with Gasteiger partial charge in [-0.2, -0.15) is 0 Å². The first-order chi connectivity index (χ1) is 15.1. The Hall–Kier alpha value is -3.68. The van der Waals surface area contributed by atoms with E-state index in [1.54, 1.807) is 13.3 Å². The van der Waals surface area contributed by atoms with Gasteiger partial charge in [-0.3, -0.25) is 4.98 Å². The maximum atomic E-state index is 5.67. The molecule has 0 aliphatic heterocycles. The van der Waals surface area contributed by atoms with Crippen LogP contribution in [0.2, 0.25) is 0 Å². The predicted octanol–water partition coefficient (Wildman–Crippen LogP) is 3.20. The van der Waals surface area contributed by atoms with Crippen molar-refractivity contribution in [3.63, 3.8) is 0 Å². The molecule has 3 aromatic rings. The first-order valence-electron chi connectivity index (χ1n) is 10.4. The molecule has 2 aromatic heterocycles. The molecule has 160 valence electrons. The van der Waals surface area contributed by atoms with E-state index in [0.29, 0.717) is 5.82 Å². The van der Waals surface area contributed by atoms with Crippen LogP contribution < -0.4 is 21.5 Å². The Morgan fingerprint density at radius 2 is 2.00 bits per heavy atom. The lowest BCUT2D eigenvalue weighted by atomic mass is 9.90. The molecule has 0 unspecified atom stereocenters. The van der Waals surface area contributed by atoms with Gasteiger partial charge < -0.3 is 21.5 Å². The van der Waals surface area contributed by atoms with Crippen LogP contribution in [0, 0.1) is 0 Å². The van der Waals surface area contributed by atoms with Crippen LogP contribution in [-0.4, -0.2) is 40.1 Å². The molecule has 1 aromatic carbocycles. The van der Waals surface area contributed by atoms with Gasteiger partial charge in [0.05, 0.1) is 30.4 Å². The maximum absolute atomic E-state index is 5.67. The summed E-state index contributed by atoms with van der Waals surface area (Å²) in [6.07, 6.45) is 9.66. The Labute approximate surface area is 181 Å². The van der Waals surface area contributed by atoms with Crippen LogP contribution in [0.15, 0.2) is 47.6 Å². The summed E-state index contributed by atoms with van der Waals surface area (Å²) in [5.41, 5.74) is 13.0. The zero-order chi connectivity index (χ0) is 21.6. The number of pyridine rings is 1. The van der Waals surface area contributed by atoms with Gasteiger partial charge in [0.2, 0.25) is 0 Å². The van der Waals surface area contributed by atoms with E-state index in [-0.39, 0.29) is 18.0 Å². The van der Waals surface area contributed by atoms with Crippen molar-refractivity contribution in [2.45, 2.75) is 37.8 Å². The van der Waals surface area contributed by atoms with Crippen molar-refractivity contribution in [1.82, 2.24) is 15.0 Å². The highest BCUT2D eigenvalue weighted by atomic mass is 16.5. The highest BCUT2D eigenvalue weighted by Gasteiger charge is 2.26. The van der Waals surface area contributed by atoms with Gasteiger partial charge in [-0.15, -0.1) is 0 Å². The van der Waals surface area contributed by atoms with Crippen molar-refractivity contribution >= 4 is 34.8 Å². The van der Waals surface area contributed by atoms with Crippen molar-refractivity contribution in [3.05, 3.63) is 54.1 Å². The quantitative estimate of drug-likeness (QED) is 0.415. The fourth-order valence-corrected chi connectivity index (χ4v) is 3.87. The standard InChI is InChI=1S/C23H27N7O/c1-31-16-10-11-18-17(14-16)22(28-19-7-2-3-8-20(19)29-23(24)25)30-21(27-18)12-9-15-6-4-5-13-26-15/h4-6,9-14,19-20H,2-3,7-8H2,1H3,(H4,24,25,29)(H,27,28,30)/t19-,20+/m0/s1. The second kappa shape index (κ2) is 9.42. The summed E-state index contributed by atoms with van der Waals surface area (Å²) in [6.45, 7) is 0. The van der Waals surface area contributed by atoms with Crippen molar-refractivity contribution in [3.8, 4) is 5.75 Å². The number of hydrogen-bond acceptors (Lipinski definition) is 6. The molecular formula is C23H27N7O. The number of anilines is 1. The number of ether oxygens (including phenoxy) is 1. The third-order valence-corrected chi connectivity index (χ3v) is 5.38. The fraction of sp³-hybridized carbons (Fsp3) is 0.304. The smallest absolute Gasteiger partial charge is 0.186 e. The van der Waals surface area contributed by atoms with Crippen molar-refractivity contribution < 1.29 is 4.74 Å². The Kier molecular flexibility index (Phi) is 6.26. The van der Waals surface area contributed by atoms with E-state index in [1.807, 2.05) is 48.6 Å². The number of hydrogen-bond donors (Lipinski definition) is 3. The second-order valence-electron chi connectivity index (χ2n) is 7.56. The van der Waals surface area contributed by atoms with E-state index in [0.717, 1.165) is 53.8 Å². The molecule has 4 rings (SSSR count). The predicted molar refractivity (Wildman–Crippen MR) is 125 cm³/mol. The molecular weight excluding hydrogens is 390 g/mol. The molecule has 0 amide bonds. The topological polar surface area (TPSA) is 124 Å². The van der Waals surface area contributed by atoms with Crippen LogP contribution in [0.4, 0.5) is 5.82 Å². The monoisotopic (exact) mass is 417 g/mol. The number of benzene rings is 1. The maximum Gasteiger partial charge on any atom is 0.186 e. The average molecular weight is 418 g/mol. The summed E-state index contributed by atoms with van der Waals surface area (Å²) >= 11 is 0. The SMILES string of the molecule is COc1ccc2nc(C=Cc3ccccn3)nc(N[C@H]3CCCC[C@H]3N=C(N)N)c2c1. The minimum Gasteiger partial charge on any atom is -0.497 e. The van der Waals surface area contributed by atoms with Crippen molar-refractivity contribution in [2.24, 2.45) is 16.5 Å². The third kappa shape index (κ3) is 5.09. The largest absolute Gasteiger partial charge is 0.497 e. The lowest BCUT2D eigenvalue weighted by molar-refractivity contribution is 0.405. The van der Waals surface area contributed by atoms with E-state index in [4.69, 9.17) is 26.2 Å². The molecule has 8 nitrogen and oxygen atoms in total. The van der Waals surface area contributed by atoms with Gasteiger partial charge in [-0.1, -0.05) is 18.9 Å². The number of fused-ring (bicyclic) bond motifs is 1. The summed E-state index contributed by atoms with van der Waals surface area (Å²) in [7, 11) is 1.65. The molecule has 8 heteroatoms. The molecule has 5 N–H and O–H groups in total. The summed E-state index contributed by atoms with van der Waals surface area (Å²) in [6, 6.07) is 11.7. The van der Waals surface area contributed by atoms with E-state index in [9.17, 15) is 0 Å². The lowest BCUT2D eigenvalue weighted by Crippen LogP contribution is -2.38. The normalized spacial score (nSPS) is 18.7. The van der Waals surface area contributed by atoms with E-state index < -0.39 is 0 Å². The fourth-order valence-electron chi connectivity index (χ4n) is 3.87. The number of nitrogens with one attached hydrogen (secondary N) is 1. The van der Waals surface area contributed by atoms with Gasteiger partial charge >= 0.3 is 0 Å². The molecule has 31 heavy (non-hydrogen) atoms. The van der Waals surface area contributed by atoms with Crippen LogP contribution >= 0.6 is 0 Å². The number of guanidine groups is 1. The molecule has 0 spiro atoms. The summed E-state index contributed by atoms with van der Waals surface area (Å²) < 4.78 is 5.42. The first-order valence-corrected chi connectivity index (χ1v) is 10.4. The number of nitrogens with zero attached hydrogens (tertiary/aromatic N) is 4. The highest BCUT2D eigenvalue weighted by molar-refractivity contribution is 5.91. The van der Waals surface area contributed by atoms with Gasteiger partial charge in [0.25, 0.3) is 0 Å². The first kappa shape index (κ1) is 20.6. The van der Waals surface area contributed by atoms with Gasteiger partial charge in [-0.25, -0.2) is 15.0 Å². The van der Waals surface area contributed by atoms with Crippen molar-refractivity contribution in [2.75, 3.05) is 12.4 Å². The molecule has 1 aliphatic rings. The second-order valence-corrected chi connectivity index (χ2v) is 7.56. The van der Waals surface area contributed by atoms with Gasteiger partial charge in [0.15, 0.2) is 11.8 Å². The Morgan fingerprint density at radius 3 is 2.77 bits per heavy atom. The van der Waals surface area contributed by atoms with Crippen LogP contribution in [-0.2, 0) is 0 Å². The number of aliphatic imine (C=N–C) groups is 1. The van der Waals surface area contributed by atoms with E-state index >= 15 is 0 Å². The third-order valence-electron chi connectivity index (χ3n) is 5.38. The van der Waals surface area contributed by atoms with E-state index in [1.165, 1.54) is 0 Å². The van der Waals surface area contributed by atoms with Gasteiger partial charge in [0, 0.05) is 11.6 Å². The van der Waals surface area contributed by atoms with E-state index in [2.05, 4.69) is 15.3 Å².